The fraction of sp³-hybridized carbons (Fsp3) is 0.423. The van der Waals surface area contributed by atoms with E-state index in [1.165, 1.54) is 19.9 Å². The van der Waals surface area contributed by atoms with Gasteiger partial charge in [0, 0.05) is 6.42 Å². The maximum absolute atomic E-state index is 15.0. The molecule has 2 rings (SSSR count). The van der Waals surface area contributed by atoms with E-state index >= 15 is 4.39 Å². The summed E-state index contributed by atoms with van der Waals surface area (Å²) in [5, 5.41) is 35.9. The highest BCUT2D eigenvalue weighted by molar-refractivity contribution is 8.08. The van der Waals surface area contributed by atoms with Gasteiger partial charge in [0.15, 0.2) is 10.8 Å². The molecule has 0 bridgehead atoms. The quantitative estimate of drug-likeness (QED) is 0.349. The van der Waals surface area contributed by atoms with Crippen LogP contribution in [0.3, 0.4) is 0 Å². The second-order valence-electron chi connectivity index (χ2n) is 9.73. The van der Waals surface area contributed by atoms with Gasteiger partial charge < -0.3 is 10.2 Å². The molecule has 0 aromatic heterocycles. The molecular formula is C26H30F2N2O5S. The molecule has 2 aromatic rings. The van der Waals surface area contributed by atoms with Crippen molar-refractivity contribution in [1.82, 2.24) is 0 Å². The number of ketones is 1. The predicted molar refractivity (Wildman–Crippen MR) is 130 cm³/mol. The van der Waals surface area contributed by atoms with E-state index in [1.807, 2.05) is 0 Å². The van der Waals surface area contributed by atoms with Gasteiger partial charge in [-0.05, 0) is 71.7 Å². The molecule has 0 amide bonds. The normalized spacial score (nSPS) is 12.2. The molecule has 10 heteroatoms. The zero-order chi connectivity index (χ0) is 27.7. The summed E-state index contributed by atoms with van der Waals surface area (Å²) in [5.74, 6) is -3.99. The molecule has 2 aromatic carbocycles. The Morgan fingerprint density at radius 1 is 1.14 bits per heavy atom. The molecule has 0 atom stereocenters. The number of nitriles is 1. The van der Waals surface area contributed by atoms with E-state index < -0.39 is 61.7 Å². The topological polar surface area (TPSA) is 139 Å². The summed E-state index contributed by atoms with van der Waals surface area (Å²) in [5.41, 5.74) is -1.18. The molecule has 36 heavy (non-hydrogen) atoms. The molecule has 0 aliphatic rings. The largest absolute Gasteiger partial charge is 0.392 e. The molecule has 0 spiro atoms. The highest BCUT2D eigenvalue weighted by atomic mass is 32.2. The van der Waals surface area contributed by atoms with Gasteiger partial charge in [-0.2, -0.15) is 5.26 Å². The lowest BCUT2D eigenvalue weighted by molar-refractivity contribution is -0.112. The van der Waals surface area contributed by atoms with Gasteiger partial charge in [-0.3, -0.25) is 10.2 Å². The number of halogens is 2. The molecule has 0 radical (unpaired) electrons. The summed E-state index contributed by atoms with van der Waals surface area (Å²) in [7, 11) is -4.95. The highest BCUT2D eigenvalue weighted by Gasteiger charge is 2.34. The van der Waals surface area contributed by atoms with E-state index in [9.17, 15) is 33.1 Å². The van der Waals surface area contributed by atoms with E-state index in [0.717, 1.165) is 12.1 Å². The Balaban J connectivity index is 2.62. The average Bonchev–Trinajstić information content (AvgIpc) is 2.77. The first kappa shape index (κ1) is 29.2. The van der Waals surface area contributed by atoms with Crippen molar-refractivity contribution in [2.45, 2.75) is 76.9 Å². The number of nitrogens with zero attached hydrogens (tertiary/aromatic N) is 1. The molecule has 194 valence electrons. The number of hydrogen-bond acceptors (Lipinski definition) is 7. The summed E-state index contributed by atoms with van der Waals surface area (Å²) in [6, 6.07) is 4.65. The summed E-state index contributed by atoms with van der Waals surface area (Å²) in [6.07, 6.45) is -0.641. The number of rotatable bonds is 8. The van der Waals surface area contributed by atoms with Crippen molar-refractivity contribution in [1.29, 1.82) is 10.7 Å². The number of carbonyl (C=O) groups excluding carboxylic acids is 1. The molecule has 0 aliphatic carbocycles. The zero-order valence-electron chi connectivity index (χ0n) is 21.0. The lowest BCUT2D eigenvalue weighted by Gasteiger charge is -2.22. The van der Waals surface area contributed by atoms with Crippen molar-refractivity contribution in [3.05, 3.63) is 63.2 Å². The third kappa shape index (κ3) is 5.53. The summed E-state index contributed by atoms with van der Waals surface area (Å²) >= 11 is 0. The number of hydrogen-bond donors (Lipinski definition) is 3. The molecule has 0 heterocycles. The van der Waals surface area contributed by atoms with E-state index in [-0.39, 0.29) is 33.7 Å². The highest BCUT2D eigenvalue weighted by Crippen LogP contribution is 2.34. The standard InChI is InChI=1S/C26H30F2N2O5S/c1-13(2)17-7-15(11-29)24(28)23(14(3)4)18(17)9-21(32)25(30)36(34,35)22-8-16(12-31)19(10-20(22)27)26(5,6)33/h7-8,10,13-14,30-31,33H,9,12H2,1-6H3. The van der Waals surface area contributed by atoms with Crippen LogP contribution in [0.15, 0.2) is 23.1 Å². The van der Waals surface area contributed by atoms with Crippen LogP contribution >= 0.6 is 0 Å². The molecule has 7 nitrogen and oxygen atoms in total. The SMILES string of the molecule is CC(C)c1cc(C#N)c(F)c(C(C)C)c1CC(=O)C(=N)S(=O)(=O)c1cc(CO)c(C(C)(C)O)cc1F. The number of benzene rings is 2. The van der Waals surface area contributed by atoms with E-state index in [4.69, 9.17) is 5.41 Å². The number of Topliss-reactive ketones (excluding diaryl/α,β-unsaturated/α-hetero) is 1. The molecule has 0 saturated heterocycles. The molecule has 0 saturated carbocycles. The molecular weight excluding hydrogens is 490 g/mol. The Hall–Kier alpha value is -3.00. The van der Waals surface area contributed by atoms with Gasteiger partial charge in [0.05, 0.1) is 17.8 Å². The first-order chi connectivity index (χ1) is 16.5. The summed E-state index contributed by atoms with van der Waals surface area (Å²) in [6.45, 7) is 8.80. The Bertz CT molecular complexity index is 1370. The van der Waals surface area contributed by atoms with Crippen LogP contribution in [0.1, 0.15) is 86.8 Å². The van der Waals surface area contributed by atoms with Crippen LogP contribution in [0.4, 0.5) is 8.78 Å². The maximum Gasteiger partial charge on any atom is 0.229 e. The summed E-state index contributed by atoms with van der Waals surface area (Å²) < 4.78 is 56.1. The smallest absolute Gasteiger partial charge is 0.229 e. The van der Waals surface area contributed by atoms with Crippen LogP contribution in [0.2, 0.25) is 0 Å². The average molecular weight is 521 g/mol. The second kappa shape index (κ2) is 10.5. The van der Waals surface area contributed by atoms with Crippen molar-refractivity contribution in [3.63, 3.8) is 0 Å². The van der Waals surface area contributed by atoms with Crippen molar-refractivity contribution >= 4 is 20.7 Å². The summed E-state index contributed by atoms with van der Waals surface area (Å²) in [4.78, 5) is 12.0. The van der Waals surface area contributed by atoms with Crippen LogP contribution in [-0.2, 0) is 33.3 Å². The zero-order valence-corrected chi connectivity index (χ0v) is 21.8. The second-order valence-corrected chi connectivity index (χ2v) is 11.6. The monoisotopic (exact) mass is 520 g/mol. The minimum Gasteiger partial charge on any atom is -0.392 e. The Morgan fingerprint density at radius 3 is 2.17 bits per heavy atom. The van der Waals surface area contributed by atoms with Crippen molar-refractivity contribution < 1.29 is 32.2 Å². The number of aliphatic hydroxyl groups is 2. The number of nitrogens with one attached hydrogen (secondary N) is 1. The minimum atomic E-state index is -4.95. The van der Waals surface area contributed by atoms with Crippen LogP contribution in [0.25, 0.3) is 0 Å². The van der Waals surface area contributed by atoms with Gasteiger partial charge in [-0.25, -0.2) is 17.2 Å². The maximum atomic E-state index is 15.0. The van der Waals surface area contributed by atoms with Gasteiger partial charge >= 0.3 is 0 Å². The van der Waals surface area contributed by atoms with Crippen LogP contribution < -0.4 is 0 Å². The van der Waals surface area contributed by atoms with Gasteiger partial charge in [-0.15, -0.1) is 0 Å². The van der Waals surface area contributed by atoms with Gasteiger partial charge in [0.1, 0.15) is 22.6 Å². The lowest BCUT2D eigenvalue weighted by atomic mass is 9.84. The van der Waals surface area contributed by atoms with Crippen LogP contribution in [-0.4, -0.2) is 29.5 Å². The van der Waals surface area contributed by atoms with Gasteiger partial charge in [-0.1, -0.05) is 27.7 Å². The lowest BCUT2D eigenvalue weighted by Crippen LogP contribution is -2.28. The van der Waals surface area contributed by atoms with Gasteiger partial charge in [0.2, 0.25) is 9.84 Å². The number of sulfone groups is 1. The Kier molecular flexibility index (Phi) is 8.56. The minimum absolute atomic E-state index is 0.0458. The van der Waals surface area contributed by atoms with Crippen LogP contribution in [0, 0.1) is 28.4 Å². The van der Waals surface area contributed by atoms with Crippen molar-refractivity contribution in [2.75, 3.05) is 0 Å². The third-order valence-corrected chi connectivity index (χ3v) is 7.56. The molecule has 0 fully saturated rings. The van der Waals surface area contributed by atoms with Crippen molar-refractivity contribution in [3.8, 4) is 6.07 Å². The molecule has 0 aliphatic heterocycles. The Labute approximate surface area is 209 Å². The van der Waals surface area contributed by atoms with E-state index in [2.05, 4.69) is 0 Å². The number of carbonyl (C=O) groups is 1. The van der Waals surface area contributed by atoms with Gasteiger partial charge in [0.25, 0.3) is 0 Å². The van der Waals surface area contributed by atoms with Crippen molar-refractivity contribution in [2.24, 2.45) is 0 Å². The first-order valence-corrected chi connectivity index (χ1v) is 12.7. The Morgan fingerprint density at radius 2 is 1.72 bits per heavy atom. The third-order valence-electron chi connectivity index (χ3n) is 5.90. The number of aliphatic hydroxyl groups excluding tert-OH is 1. The first-order valence-electron chi connectivity index (χ1n) is 11.3. The van der Waals surface area contributed by atoms with E-state index in [1.54, 1.807) is 33.8 Å². The predicted octanol–water partition coefficient (Wildman–Crippen LogP) is 4.37. The van der Waals surface area contributed by atoms with E-state index in [0.29, 0.717) is 5.56 Å². The van der Waals surface area contributed by atoms with Crippen LogP contribution in [0.5, 0.6) is 0 Å². The molecule has 0 unspecified atom stereocenters. The molecule has 3 N–H and O–H groups in total. The fourth-order valence-corrected chi connectivity index (χ4v) is 5.34. The fourth-order valence-electron chi connectivity index (χ4n) is 4.14.